The van der Waals surface area contributed by atoms with E-state index >= 15 is 0 Å². The van der Waals surface area contributed by atoms with E-state index in [2.05, 4.69) is 21.7 Å². The standard InChI is InChI=1S/C29H31FN6O3/c30-22-7-3-5-20(17-22)12-14-33-27-25(10-11-26(35-27)24-9-2-1-6-21(24)18-32)28(37)34-19-23-8-4-15-36(23)29(38)39-16-13-31/h1-3,5-7,9-11,17,23H,4,8,12-16,19,31H2,(H,33,35)(H,34,37). The highest BCUT2D eigenvalue weighted by Crippen LogP contribution is 2.25. The Bertz CT molecular complexity index is 1360. The third-order valence-electron chi connectivity index (χ3n) is 6.51. The van der Waals surface area contributed by atoms with E-state index in [1.54, 1.807) is 41.3 Å². The minimum Gasteiger partial charge on any atom is -0.448 e. The summed E-state index contributed by atoms with van der Waals surface area (Å²) in [6.45, 7) is 1.62. The summed E-state index contributed by atoms with van der Waals surface area (Å²) in [7, 11) is 0. The first-order valence-corrected chi connectivity index (χ1v) is 12.9. The molecule has 4 N–H and O–H groups in total. The van der Waals surface area contributed by atoms with Crippen molar-refractivity contribution in [2.24, 2.45) is 5.73 Å². The molecule has 0 bridgehead atoms. The van der Waals surface area contributed by atoms with Gasteiger partial charge >= 0.3 is 6.09 Å². The number of carbonyl (C=O) groups excluding carboxylic acids is 2. The van der Waals surface area contributed by atoms with Crippen molar-refractivity contribution in [3.8, 4) is 17.3 Å². The number of ether oxygens (including phenoxy) is 1. The number of amides is 2. The van der Waals surface area contributed by atoms with Crippen LogP contribution in [0.1, 0.15) is 34.3 Å². The van der Waals surface area contributed by atoms with Gasteiger partial charge in [-0.2, -0.15) is 5.26 Å². The lowest BCUT2D eigenvalue weighted by Crippen LogP contribution is -2.43. The molecule has 2 aromatic carbocycles. The summed E-state index contributed by atoms with van der Waals surface area (Å²) >= 11 is 0. The quantitative estimate of drug-likeness (QED) is 0.364. The smallest absolute Gasteiger partial charge is 0.410 e. The zero-order chi connectivity index (χ0) is 27.6. The van der Waals surface area contributed by atoms with E-state index in [1.807, 2.05) is 12.1 Å². The van der Waals surface area contributed by atoms with Crippen molar-refractivity contribution in [1.82, 2.24) is 15.2 Å². The number of halogens is 1. The number of anilines is 1. The van der Waals surface area contributed by atoms with Crippen LogP contribution in [-0.4, -0.2) is 60.7 Å². The van der Waals surface area contributed by atoms with Crippen LogP contribution < -0.4 is 16.4 Å². The number of aromatic nitrogens is 1. The fraction of sp³-hybridized carbons (Fsp3) is 0.310. The van der Waals surface area contributed by atoms with Crippen LogP contribution in [0.2, 0.25) is 0 Å². The van der Waals surface area contributed by atoms with Crippen molar-refractivity contribution in [3.63, 3.8) is 0 Å². The minimum absolute atomic E-state index is 0.145. The zero-order valence-electron chi connectivity index (χ0n) is 21.5. The van der Waals surface area contributed by atoms with Gasteiger partial charge in [-0.25, -0.2) is 14.2 Å². The van der Waals surface area contributed by atoms with Crippen LogP contribution in [0.3, 0.4) is 0 Å². The number of pyridine rings is 1. The molecule has 0 radical (unpaired) electrons. The Morgan fingerprint density at radius 1 is 1.18 bits per heavy atom. The maximum absolute atomic E-state index is 13.6. The SMILES string of the molecule is N#Cc1ccccc1-c1ccc(C(=O)NCC2CCCN2C(=O)OCCN)c(NCCc2cccc(F)c2)n1. The number of nitrogens with one attached hydrogen (secondary N) is 2. The van der Waals surface area contributed by atoms with Gasteiger partial charge in [0.25, 0.3) is 5.91 Å². The van der Waals surface area contributed by atoms with Gasteiger partial charge in [0.15, 0.2) is 0 Å². The number of nitrogens with zero attached hydrogens (tertiary/aromatic N) is 3. The molecule has 0 saturated carbocycles. The summed E-state index contributed by atoms with van der Waals surface area (Å²) in [5, 5.41) is 15.7. The van der Waals surface area contributed by atoms with Crippen molar-refractivity contribution in [2.75, 3.05) is 38.1 Å². The first-order valence-electron chi connectivity index (χ1n) is 12.9. The molecule has 1 unspecified atom stereocenters. The van der Waals surface area contributed by atoms with E-state index in [0.717, 1.165) is 18.4 Å². The summed E-state index contributed by atoms with van der Waals surface area (Å²) in [5.41, 5.74) is 8.22. The highest BCUT2D eigenvalue weighted by molar-refractivity contribution is 5.99. The van der Waals surface area contributed by atoms with E-state index < -0.39 is 6.09 Å². The number of nitrogens with two attached hydrogens (primary N) is 1. The lowest BCUT2D eigenvalue weighted by atomic mass is 10.0. The Morgan fingerprint density at radius 2 is 2.03 bits per heavy atom. The molecule has 3 aromatic rings. The van der Waals surface area contributed by atoms with Crippen LogP contribution in [0, 0.1) is 17.1 Å². The molecule has 1 fully saturated rings. The molecule has 1 aromatic heterocycles. The van der Waals surface area contributed by atoms with Crippen LogP contribution in [0.5, 0.6) is 0 Å². The summed E-state index contributed by atoms with van der Waals surface area (Å²) in [4.78, 5) is 31.9. The highest BCUT2D eigenvalue weighted by atomic mass is 19.1. The minimum atomic E-state index is -0.431. The summed E-state index contributed by atoms with van der Waals surface area (Å²) in [5.74, 6) is -0.313. The van der Waals surface area contributed by atoms with Crippen molar-refractivity contribution in [2.45, 2.75) is 25.3 Å². The van der Waals surface area contributed by atoms with E-state index in [0.29, 0.717) is 47.7 Å². The highest BCUT2D eigenvalue weighted by Gasteiger charge is 2.30. The van der Waals surface area contributed by atoms with E-state index in [1.165, 1.54) is 12.1 Å². The normalized spacial score (nSPS) is 14.5. The van der Waals surface area contributed by atoms with Gasteiger partial charge in [-0.3, -0.25) is 4.79 Å². The Labute approximate surface area is 226 Å². The monoisotopic (exact) mass is 530 g/mol. The lowest BCUT2D eigenvalue weighted by Gasteiger charge is -2.24. The molecule has 0 spiro atoms. The molecule has 1 aliphatic rings. The molecule has 9 nitrogen and oxygen atoms in total. The van der Waals surface area contributed by atoms with Gasteiger partial charge in [-0.05, 0) is 55.2 Å². The van der Waals surface area contributed by atoms with Crippen LogP contribution in [0.25, 0.3) is 11.3 Å². The summed E-state index contributed by atoms with van der Waals surface area (Å²) < 4.78 is 18.8. The Kier molecular flexibility index (Phi) is 9.43. The Morgan fingerprint density at radius 3 is 2.82 bits per heavy atom. The van der Waals surface area contributed by atoms with Crippen LogP contribution in [0.15, 0.2) is 60.7 Å². The summed E-state index contributed by atoms with van der Waals surface area (Å²) in [6, 6.07) is 18.8. The number of hydrogen-bond donors (Lipinski definition) is 3. The molecule has 0 aliphatic carbocycles. The predicted molar refractivity (Wildman–Crippen MR) is 145 cm³/mol. The summed E-state index contributed by atoms with van der Waals surface area (Å²) in [6.07, 6.45) is 1.65. The first-order chi connectivity index (χ1) is 19.0. The van der Waals surface area contributed by atoms with Crippen molar-refractivity contribution < 1.29 is 18.7 Å². The molecule has 2 amide bonds. The van der Waals surface area contributed by atoms with Crippen LogP contribution in [-0.2, 0) is 11.2 Å². The molecular formula is C29H31FN6O3. The second kappa shape index (κ2) is 13.3. The van der Waals surface area contributed by atoms with E-state index in [-0.39, 0.29) is 37.5 Å². The third kappa shape index (κ3) is 7.09. The van der Waals surface area contributed by atoms with Gasteiger partial charge in [-0.1, -0.05) is 30.3 Å². The second-order valence-electron chi connectivity index (χ2n) is 9.16. The van der Waals surface area contributed by atoms with E-state index in [4.69, 9.17) is 10.5 Å². The fourth-order valence-corrected chi connectivity index (χ4v) is 4.57. The predicted octanol–water partition coefficient (Wildman–Crippen LogP) is 3.70. The molecule has 1 saturated heterocycles. The van der Waals surface area contributed by atoms with Gasteiger partial charge in [0, 0.05) is 31.7 Å². The first kappa shape index (κ1) is 27.5. The maximum Gasteiger partial charge on any atom is 0.410 e. The van der Waals surface area contributed by atoms with Gasteiger partial charge in [0.2, 0.25) is 0 Å². The largest absolute Gasteiger partial charge is 0.448 e. The number of benzene rings is 2. The molecule has 2 heterocycles. The van der Waals surface area contributed by atoms with Gasteiger partial charge in [0.1, 0.15) is 18.2 Å². The molecule has 202 valence electrons. The maximum atomic E-state index is 13.6. The average Bonchev–Trinajstić information content (AvgIpc) is 3.43. The number of hydrogen-bond acceptors (Lipinski definition) is 7. The molecule has 39 heavy (non-hydrogen) atoms. The van der Waals surface area contributed by atoms with Crippen molar-refractivity contribution in [1.29, 1.82) is 5.26 Å². The number of carbonyl (C=O) groups is 2. The van der Waals surface area contributed by atoms with Crippen LogP contribution in [0.4, 0.5) is 15.0 Å². The zero-order valence-corrected chi connectivity index (χ0v) is 21.5. The number of nitriles is 1. The van der Waals surface area contributed by atoms with Gasteiger partial charge in [0.05, 0.1) is 28.9 Å². The molecule has 1 atom stereocenters. The van der Waals surface area contributed by atoms with Gasteiger partial charge < -0.3 is 26.0 Å². The van der Waals surface area contributed by atoms with Gasteiger partial charge in [-0.15, -0.1) is 0 Å². The topological polar surface area (TPSA) is 133 Å². The van der Waals surface area contributed by atoms with Crippen LogP contribution >= 0.6 is 0 Å². The number of likely N-dealkylation sites (tertiary alicyclic amines) is 1. The van der Waals surface area contributed by atoms with E-state index in [9.17, 15) is 19.2 Å². The second-order valence-corrected chi connectivity index (χ2v) is 9.16. The average molecular weight is 531 g/mol. The Hall–Kier alpha value is -4.49. The third-order valence-corrected chi connectivity index (χ3v) is 6.51. The van der Waals surface area contributed by atoms with Crippen molar-refractivity contribution >= 4 is 17.8 Å². The molecule has 1 aliphatic heterocycles. The molecular weight excluding hydrogens is 499 g/mol. The lowest BCUT2D eigenvalue weighted by molar-refractivity contribution is 0.0896. The fourth-order valence-electron chi connectivity index (χ4n) is 4.57. The number of rotatable bonds is 10. The molecule has 4 rings (SSSR count). The Balaban J connectivity index is 1.51. The van der Waals surface area contributed by atoms with Crippen molar-refractivity contribution in [3.05, 3.63) is 83.2 Å². The molecule has 10 heteroatoms.